The molecule has 0 fully saturated rings. The minimum Gasteiger partial charge on any atom is -0.455 e. The standard InChI is InChI=1S/C20H17NO3/c1-13-8-10-15(11-9-13)19-18(20(23)21-2)16(22)12-17(24-19)14-6-4-3-5-7-14/h3-12H,1-2H3,(H,21,23). The molecular formula is C20H17NO3. The van der Waals surface area contributed by atoms with Gasteiger partial charge in [0.15, 0.2) is 11.2 Å². The lowest BCUT2D eigenvalue weighted by Gasteiger charge is -2.10. The Morgan fingerprint density at radius 3 is 2.25 bits per heavy atom. The van der Waals surface area contributed by atoms with Crippen LogP contribution in [0, 0.1) is 6.92 Å². The van der Waals surface area contributed by atoms with Crippen LogP contribution in [0.3, 0.4) is 0 Å². The molecule has 3 aromatic rings. The fourth-order valence-electron chi connectivity index (χ4n) is 2.49. The van der Waals surface area contributed by atoms with E-state index in [1.807, 2.05) is 61.5 Å². The van der Waals surface area contributed by atoms with Crippen LogP contribution in [0.4, 0.5) is 0 Å². The van der Waals surface area contributed by atoms with Crippen LogP contribution in [0.5, 0.6) is 0 Å². The minimum atomic E-state index is -0.459. The molecule has 0 aliphatic heterocycles. The first-order valence-electron chi connectivity index (χ1n) is 7.63. The quantitative estimate of drug-likeness (QED) is 0.802. The Hall–Kier alpha value is -3.14. The van der Waals surface area contributed by atoms with Crippen LogP contribution in [0.2, 0.25) is 0 Å². The Balaban J connectivity index is 2.27. The second kappa shape index (κ2) is 6.54. The molecule has 120 valence electrons. The fourth-order valence-corrected chi connectivity index (χ4v) is 2.49. The van der Waals surface area contributed by atoms with E-state index in [-0.39, 0.29) is 16.8 Å². The summed E-state index contributed by atoms with van der Waals surface area (Å²) in [5, 5.41) is 2.50. The van der Waals surface area contributed by atoms with E-state index in [0.29, 0.717) is 11.3 Å². The third kappa shape index (κ3) is 2.99. The Bertz CT molecular complexity index is 925. The number of hydrogen-bond donors (Lipinski definition) is 1. The molecule has 1 heterocycles. The van der Waals surface area contributed by atoms with Crippen LogP contribution in [-0.2, 0) is 0 Å². The van der Waals surface area contributed by atoms with Crippen molar-refractivity contribution in [2.75, 3.05) is 7.05 Å². The van der Waals surface area contributed by atoms with Gasteiger partial charge in [-0.2, -0.15) is 0 Å². The minimum absolute atomic E-state index is 0.0148. The average Bonchev–Trinajstić information content (AvgIpc) is 2.62. The van der Waals surface area contributed by atoms with Gasteiger partial charge in [-0.05, 0) is 6.92 Å². The maximum absolute atomic E-state index is 12.6. The van der Waals surface area contributed by atoms with Gasteiger partial charge in [0, 0.05) is 24.2 Å². The summed E-state index contributed by atoms with van der Waals surface area (Å²) in [7, 11) is 1.49. The number of carbonyl (C=O) groups excluding carboxylic acids is 1. The molecule has 0 aliphatic carbocycles. The van der Waals surface area contributed by atoms with Gasteiger partial charge in [0.05, 0.1) is 0 Å². The van der Waals surface area contributed by atoms with Crippen molar-refractivity contribution < 1.29 is 9.21 Å². The molecule has 1 amide bonds. The van der Waals surface area contributed by atoms with Crippen molar-refractivity contribution in [1.29, 1.82) is 0 Å². The molecule has 0 saturated heterocycles. The molecule has 24 heavy (non-hydrogen) atoms. The molecule has 0 saturated carbocycles. The highest BCUT2D eigenvalue weighted by Gasteiger charge is 2.20. The molecular weight excluding hydrogens is 302 g/mol. The van der Waals surface area contributed by atoms with Gasteiger partial charge in [-0.25, -0.2) is 0 Å². The van der Waals surface area contributed by atoms with E-state index >= 15 is 0 Å². The van der Waals surface area contributed by atoms with Crippen LogP contribution >= 0.6 is 0 Å². The van der Waals surface area contributed by atoms with Gasteiger partial charge in [-0.15, -0.1) is 0 Å². The van der Waals surface area contributed by atoms with Crippen molar-refractivity contribution in [3.63, 3.8) is 0 Å². The number of aryl methyl sites for hydroxylation is 1. The lowest BCUT2D eigenvalue weighted by Crippen LogP contribution is -2.26. The second-order valence-electron chi connectivity index (χ2n) is 5.49. The molecule has 0 unspecified atom stereocenters. The number of carbonyl (C=O) groups is 1. The summed E-state index contributed by atoms with van der Waals surface area (Å²) in [6.45, 7) is 1.97. The largest absolute Gasteiger partial charge is 0.455 e. The van der Waals surface area contributed by atoms with Crippen molar-refractivity contribution >= 4 is 5.91 Å². The summed E-state index contributed by atoms with van der Waals surface area (Å²) in [6, 6.07) is 18.2. The average molecular weight is 319 g/mol. The molecule has 1 aromatic heterocycles. The Morgan fingerprint density at radius 1 is 0.958 bits per heavy atom. The number of nitrogens with one attached hydrogen (secondary N) is 1. The summed E-state index contributed by atoms with van der Waals surface area (Å²) >= 11 is 0. The van der Waals surface area contributed by atoms with Gasteiger partial charge in [-0.1, -0.05) is 60.2 Å². The molecule has 0 radical (unpaired) electrons. The predicted molar refractivity (Wildman–Crippen MR) is 94.0 cm³/mol. The zero-order valence-electron chi connectivity index (χ0n) is 13.5. The van der Waals surface area contributed by atoms with Crippen molar-refractivity contribution in [3.05, 3.63) is 82.0 Å². The molecule has 0 atom stereocenters. The molecule has 0 spiro atoms. The summed E-state index contributed by atoms with van der Waals surface area (Å²) < 4.78 is 5.96. The van der Waals surface area contributed by atoms with Crippen LogP contribution < -0.4 is 10.7 Å². The summed E-state index contributed by atoms with van der Waals surface area (Å²) in [5.74, 6) is 0.253. The third-order valence-electron chi connectivity index (χ3n) is 3.77. The molecule has 0 aliphatic rings. The second-order valence-corrected chi connectivity index (χ2v) is 5.49. The van der Waals surface area contributed by atoms with E-state index in [4.69, 9.17) is 4.42 Å². The lowest BCUT2D eigenvalue weighted by molar-refractivity contribution is 0.0961. The first-order valence-corrected chi connectivity index (χ1v) is 7.63. The van der Waals surface area contributed by atoms with Gasteiger partial charge in [-0.3, -0.25) is 9.59 Å². The van der Waals surface area contributed by atoms with Crippen LogP contribution in [0.15, 0.2) is 69.9 Å². The highest BCUT2D eigenvalue weighted by molar-refractivity contribution is 5.99. The highest BCUT2D eigenvalue weighted by atomic mass is 16.3. The fraction of sp³-hybridized carbons (Fsp3) is 0.100. The molecule has 4 nitrogen and oxygen atoms in total. The monoisotopic (exact) mass is 319 g/mol. The van der Waals surface area contributed by atoms with E-state index in [1.165, 1.54) is 13.1 Å². The van der Waals surface area contributed by atoms with Gasteiger partial charge in [0.1, 0.15) is 11.3 Å². The molecule has 3 rings (SSSR count). The van der Waals surface area contributed by atoms with Crippen LogP contribution in [-0.4, -0.2) is 13.0 Å². The zero-order valence-corrected chi connectivity index (χ0v) is 13.5. The smallest absolute Gasteiger partial charge is 0.258 e. The van der Waals surface area contributed by atoms with Crippen LogP contribution in [0.1, 0.15) is 15.9 Å². The number of hydrogen-bond acceptors (Lipinski definition) is 3. The summed E-state index contributed by atoms with van der Waals surface area (Å²) in [4.78, 5) is 24.7. The first kappa shape index (κ1) is 15.7. The number of rotatable bonds is 3. The molecule has 2 aromatic carbocycles. The Labute approximate surface area is 139 Å². The van der Waals surface area contributed by atoms with E-state index in [2.05, 4.69) is 5.32 Å². The predicted octanol–water partition coefficient (Wildman–Crippen LogP) is 3.64. The van der Waals surface area contributed by atoms with Gasteiger partial charge in [0.2, 0.25) is 0 Å². The lowest BCUT2D eigenvalue weighted by atomic mass is 10.0. The molecule has 4 heteroatoms. The number of benzene rings is 2. The van der Waals surface area contributed by atoms with Gasteiger partial charge in [0.25, 0.3) is 5.91 Å². The summed E-state index contributed by atoms with van der Waals surface area (Å²) in [6.07, 6.45) is 0. The normalized spacial score (nSPS) is 10.4. The maximum Gasteiger partial charge on any atom is 0.258 e. The maximum atomic E-state index is 12.6. The molecule has 0 bridgehead atoms. The van der Waals surface area contributed by atoms with E-state index in [0.717, 1.165) is 11.1 Å². The Kier molecular flexibility index (Phi) is 4.29. The van der Waals surface area contributed by atoms with E-state index in [9.17, 15) is 9.59 Å². The zero-order chi connectivity index (χ0) is 17.1. The molecule has 1 N–H and O–H groups in total. The van der Waals surface area contributed by atoms with E-state index < -0.39 is 5.91 Å². The Morgan fingerprint density at radius 2 is 1.62 bits per heavy atom. The summed E-state index contributed by atoms with van der Waals surface area (Å²) in [5.41, 5.74) is 2.21. The van der Waals surface area contributed by atoms with Crippen molar-refractivity contribution in [2.45, 2.75) is 6.92 Å². The number of amides is 1. The van der Waals surface area contributed by atoms with Crippen molar-refractivity contribution in [2.24, 2.45) is 0 Å². The van der Waals surface area contributed by atoms with Crippen molar-refractivity contribution in [1.82, 2.24) is 5.32 Å². The van der Waals surface area contributed by atoms with E-state index in [1.54, 1.807) is 0 Å². The van der Waals surface area contributed by atoms with Gasteiger partial charge < -0.3 is 9.73 Å². The first-order chi connectivity index (χ1) is 11.6. The SMILES string of the molecule is CNC(=O)c1c(-c2ccc(C)cc2)oc(-c2ccccc2)cc1=O. The topological polar surface area (TPSA) is 59.3 Å². The highest BCUT2D eigenvalue weighted by Crippen LogP contribution is 2.28. The van der Waals surface area contributed by atoms with Crippen LogP contribution in [0.25, 0.3) is 22.6 Å². The van der Waals surface area contributed by atoms with Gasteiger partial charge >= 0.3 is 0 Å². The third-order valence-corrected chi connectivity index (χ3v) is 3.77. The van der Waals surface area contributed by atoms with Crippen molar-refractivity contribution in [3.8, 4) is 22.6 Å².